The van der Waals surface area contributed by atoms with Gasteiger partial charge >= 0.3 is 5.97 Å². The highest BCUT2D eigenvalue weighted by Gasteiger charge is 2.12. The van der Waals surface area contributed by atoms with Crippen LogP contribution in [0.3, 0.4) is 0 Å². The Kier molecular flexibility index (Phi) is 3.94. The van der Waals surface area contributed by atoms with Gasteiger partial charge in [0.1, 0.15) is 5.03 Å². The normalized spacial score (nSPS) is 10.3. The molecule has 0 bridgehead atoms. The highest BCUT2D eigenvalue weighted by Crippen LogP contribution is 2.23. The van der Waals surface area contributed by atoms with Crippen LogP contribution >= 0.6 is 11.8 Å². The molecule has 2 rings (SSSR count). The molecule has 0 saturated carbocycles. The summed E-state index contributed by atoms with van der Waals surface area (Å²) in [7, 11) is 0. The molecular weight excluding hydrogens is 248 g/mol. The third-order valence-electron chi connectivity index (χ3n) is 2.33. The lowest BCUT2D eigenvalue weighted by Gasteiger charge is -2.04. The lowest BCUT2D eigenvalue weighted by atomic mass is 10.2. The van der Waals surface area contributed by atoms with Crippen LogP contribution in [-0.4, -0.2) is 21.0 Å². The predicted octanol–water partition coefficient (Wildman–Crippen LogP) is 2.78. The summed E-state index contributed by atoms with van der Waals surface area (Å²) < 4.78 is 0. The van der Waals surface area contributed by atoms with Crippen LogP contribution in [0.1, 0.15) is 21.6 Å². The zero-order chi connectivity index (χ0) is 13.0. The molecule has 1 aromatic carbocycles. The number of hydrogen-bond acceptors (Lipinski definition) is 4. The van der Waals surface area contributed by atoms with E-state index in [-0.39, 0.29) is 5.69 Å². The molecule has 0 amide bonds. The minimum Gasteiger partial charge on any atom is -0.476 e. The maximum atomic E-state index is 11.0. The van der Waals surface area contributed by atoms with Gasteiger partial charge in [0.2, 0.25) is 0 Å². The monoisotopic (exact) mass is 260 g/mol. The second-order valence-corrected chi connectivity index (χ2v) is 4.76. The molecule has 0 radical (unpaired) electrons. The van der Waals surface area contributed by atoms with Crippen LogP contribution in [0.5, 0.6) is 0 Å². The van der Waals surface area contributed by atoms with Gasteiger partial charge in [-0.2, -0.15) is 0 Å². The molecule has 1 aromatic heterocycles. The van der Waals surface area contributed by atoms with Crippen molar-refractivity contribution in [3.05, 3.63) is 53.5 Å². The fourth-order valence-electron chi connectivity index (χ4n) is 1.53. The summed E-state index contributed by atoms with van der Waals surface area (Å²) >= 11 is 1.38. The third-order valence-corrected chi connectivity index (χ3v) is 3.38. The second kappa shape index (κ2) is 5.64. The maximum absolute atomic E-state index is 11.0. The second-order valence-electron chi connectivity index (χ2n) is 3.79. The van der Waals surface area contributed by atoms with Crippen LogP contribution in [0.15, 0.2) is 41.7 Å². The number of benzene rings is 1. The summed E-state index contributed by atoms with van der Waals surface area (Å²) in [4.78, 5) is 18.9. The summed E-state index contributed by atoms with van der Waals surface area (Å²) in [6, 6.07) is 8.10. The fraction of sp³-hybridized carbons (Fsp3) is 0.154. The van der Waals surface area contributed by atoms with E-state index in [1.54, 1.807) is 0 Å². The lowest BCUT2D eigenvalue weighted by Crippen LogP contribution is -2.03. The van der Waals surface area contributed by atoms with E-state index in [1.165, 1.54) is 29.7 Å². The number of carboxylic acids is 1. The number of carbonyl (C=O) groups is 1. The summed E-state index contributed by atoms with van der Waals surface area (Å²) in [6.07, 6.45) is 2.89. The molecular formula is C13H12N2O2S. The first-order valence-electron chi connectivity index (χ1n) is 5.39. The molecule has 0 aliphatic rings. The van der Waals surface area contributed by atoms with Gasteiger partial charge in [-0.25, -0.2) is 14.8 Å². The number of hydrogen-bond donors (Lipinski definition) is 1. The zero-order valence-electron chi connectivity index (χ0n) is 9.83. The van der Waals surface area contributed by atoms with E-state index >= 15 is 0 Å². The van der Waals surface area contributed by atoms with Gasteiger partial charge in [-0.3, -0.25) is 0 Å². The van der Waals surface area contributed by atoms with Crippen molar-refractivity contribution in [1.82, 2.24) is 9.97 Å². The SMILES string of the molecule is Cc1cccc(CSc2nccnc2C(=O)O)c1. The van der Waals surface area contributed by atoms with Crippen LogP contribution in [0.2, 0.25) is 0 Å². The Balaban J connectivity index is 2.13. The molecule has 1 heterocycles. The first-order valence-corrected chi connectivity index (χ1v) is 6.38. The van der Waals surface area contributed by atoms with Crippen molar-refractivity contribution in [2.45, 2.75) is 17.7 Å². The topological polar surface area (TPSA) is 63.1 Å². The van der Waals surface area contributed by atoms with Crippen molar-refractivity contribution in [2.75, 3.05) is 0 Å². The van der Waals surface area contributed by atoms with Crippen molar-refractivity contribution in [2.24, 2.45) is 0 Å². The lowest BCUT2D eigenvalue weighted by molar-refractivity contribution is 0.0685. The van der Waals surface area contributed by atoms with Crippen molar-refractivity contribution < 1.29 is 9.90 Å². The largest absolute Gasteiger partial charge is 0.476 e. The standard InChI is InChI=1S/C13H12N2O2S/c1-9-3-2-4-10(7-9)8-18-12-11(13(16)17)14-5-6-15-12/h2-7H,8H2,1H3,(H,16,17). The van der Waals surface area contributed by atoms with E-state index in [0.717, 1.165) is 5.56 Å². The van der Waals surface area contributed by atoms with Crippen LogP contribution in [0.25, 0.3) is 0 Å². The van der Waals surface area contributed by atoms with Gasteiger partial charge in [-0.05, 0) is 12.5 Å². The molecule has 4 nitrogen and oxygen atoms in total. The van der Waals surface area contributed by atoms with Crippen LogP contribution in [0.4, 0.5) is 0 Å². The van der Waals surface area contributed by atoms with Crippen LogP contribution in [0, 0.1) is 6.92 Å². The molecule has 0 fully saturated rings. The summed E-state index contributed by atoms with van der Waals surface area (Å²) in [5.74, 6) is -0.365. The average molecular weight is 260 g/mol. The Morgan fingerprint density at radius 2 is 2.11 bits per heavy atom. The van der Waals surface area contributed by atoms with Crippen molar-refractivity contribution in [3.63, 3.8) is 0 Å². The Morgan fingerprint density at radius 1 is 1.33 bits per heavy atom. The Bertz CT molecular complexity index is 572. The predicted molar refractivity (Wildman–Crippen MR) is 69.7 cm³/mol. The van der Waals surface area contributed by atoms with Gasteiger partial charge in [-0.1, -0.05) is 41.6 Å². The molecule has 0 unspecified atom stereocenters. The molecule has 0 aliphatic carbocycles. The Morgan fingerprint density at radius 3 is 2.83 bits per heavy atom. The van der Waals surface area contributed by atoms with E-state index in [0.29, 0.717) is 10.8 Å². The van der Waals surface area contributed by atoms with Crippen molar-refractivity contribution in [1.29, 1.82) is 0 Å². The van der Waals surface area contributed by atoms with Crippen molar-refractivity contribution in [3.8, 4) is 0 Å². The number of aromatic carboxylic acids is 1. The quantitative estimate of drug-likeness (QED) is 0.856. The number of nitrogens with zero attached hydrogens (tertiary/aromatic N) is 2. The highest BCUT2D eigenvalue weighted by molar-refractivity contribution is 7.98. The molecule has 5 heteroatoms. The number of rotatable bonds is 4. The Labute approximate surface area is 109 Å². The zero-order valence-corrected chi connectivity index (χ0v) is 10.6. The molecule has 0 atom stereocenters. The van der Waals surface area contributed by atoms with Gasteiger partial charge in [-0.15, -0.1) is 0 Å². The molecule has 0 aliphatic heterocycles. The third kappa shape index (κ3) is 3.07. The number of carboxylic acid groups (broad SMARTS) is 1. The van der Waals surface area contributed by atoms with E-state index in [4.69, 9.17) is 5.11 Å². The van der Waals surface area contributed by atoms with E-state index in [1.807, 2.05) is 25.1 Å². The van der Waals surface area contributed by atoms with Gasteiger partial charge in [0.25, 0.3) is 0 Å². The van der Waals surface area contributed by atoms with E-state index < -0.39 is 5.97 Å². The maximum Gasteiger partial charge on any atom is 0.357 e. The molecule has 0 saturated heterocycles. The van der Waals surface area contributed by atoms with Crippen LogP contribution < -0.4 is 0 Å². The average Bonchev–Trinajstić information content (AvgIpc) is 2.37. The van der Waals surface area contributed by atoms with Crippen molar-refractivity contribution >= 4 is 17.7 Å². The molecule has 18 heavy (non-hydrogen) atoms. The number of aromatic nitrogens is 2. The minimum absolute atomic E-state index is 0.00940. The van der Waals surface area contributed by atoms with Gasteiger partial charge in [0, 0.05) is 18.1 Å². The summed E-state index contributed by atoms with van der Waals surface area (Å²) in [5, 5.41) is 9.44. The minimum atomic E-state index is -1.05. The molecule has 92 valence electrons. The first-order chi connectivity index (χ1) is 8.66. The summed E-state index contributed by atoms with van der Waals surface area (Å²) in [6.45, 7) is 2.03. The summed E-state index contributed by atoms with van der Waals surface area (Å²) in [5.41, 5.74) is 2.34. The Hall–Kier alpha value is -1.88. The van der Waals surface area contributed by atoms with Gasteiger partial charge in [0.15, 0.2) is 5.69 Å². The highest BCUT2D eigenvalue weighted by atomic mass is 32.2. The van der Waals surface area contributed by atoms with E-state index in [9.17, 15) is 4.79 Å². The first kappa shape index (κ1) is 12.6. The van der Waals surface area contributed by atoms with E-state index in [2.05, 4.69) is 16.0 Å². The molecule has 0 spiro atoms. The van der Waals surface area contributed by atoms with Gasteiger partial charge in [0.05, 0.1) is 0 Å². The fourth-order valence-corrected chi connectivity index (χ4v) is 2.43. The number of aryl methyl sites for hydroxylation is 1. The van der Waals surface area contributed by atoms with Gasteiger partial charge < -0.3 is 5.11 Å². The molecule has 1 N–H and O–H groups in total. The van der Waals surface area contributed by atoms with Crippen LogP contribution in [-0.2, 0) is 5.75 Å². The smallest absolute Gasteiger partial charge is 0.357 e. The molecule has 2 aromatic rings. The number of thioether (sulfide) groups is 1.